The molecule has 1 N–H and O–H groups in total. The number of amides is 1. The lowest BCUT2D eigenvalue weighted by molar-refractivity contribution is 0.101. The molecule has 0 aromatic heterocycles. The third kappa shape index (κ3) is 2.56. The Morgan fingerprint density at radius 2 is 2.35 bits per heavy atom. The summed E-state index contributed by atoms with van der Waals surface area (Å²) in [6.07, 6.45) is -1.53. The molecule has 1 aliphatic rings. The number of carbonyl (C=O) groups excluding carboxylic acids is 2. The molecule has 1 heterocycles. The number of alkyl carbamates (subject to hydrolysis) is 1. The second kappa shape index (κ2) is 5.66. The third-order valence-electron chi connectivity index (χ3n) is 2.88. The third-order valence-corrected chi connectivity index (χ3v) is 3.15. The predicted octanol–water partition coefficient (Wildman–Crippen LogP) is 2.86. The van der Waals surface area contributed by atoms with E-state index in [-0.39, 0.29) is 40.8 Å². The van der Waals surface area contributed by atoms with Gasteiger partial charge in [0.2, 0.25) is 0 Å². The van der Waals surface area contributed by atoms with Crippen LogP contribution < -0.4 is 10.1 Å². The van der Waals surface area contributed by atoms with Crippen molar-refractivity contribution in [3.8, 4) is 5.75 Å². The van der Waals surface area contributed by atoms with Crippen molar-refractivity contribution in [1.29, 1.82) is 0 Å². The van der Waals surface area contributed by atoms with Gasteiger partial charge in [-0.25, -0.2) is 9.18 Å². The fourth-order valence-electron chi connectivity index (χ4n) is 2.03. The maximum Gasteiger partial charge on any atom is 0.407 e. The molecule has 1 aromatic carbocycles. The fraction of sp³-hybridized carbons (Fsp3) is 0.385. The molecule has 1 fully saturated rings. The van der Waals surface area contributed by atoms with Gasteiger partial charge >= 0.3 is 6.09 Å². The lowest BCUT2D eigenvalue weighted by Gasteiger charge is -2.18. The number of hydrogen-bond donors (Lipinski definition) is 1. The molecule has 0 unspecified atom stereocenters. The second-order valence-electron chi connectivity index (χ2n) is 4.23. The average Bonchev–Trinajstić information content (AvgIpc) is 2.80. The number of rotatable bonds is 4. The Morgan fingerprint density at radius 1 is 1.65 bits per heavy atom. The van der Waals surface area contributed by atoms with Crippen LogP contribution in [0.2, 0.25) is 5.02 Å². The maximum atomic E-state index is 14.3. The van der Waals surface area contributed by atoms with Gasteiger partial charge in [0.05, 0.1) is 29.3 Å². The summed E-state index contributed by atoms with van der Waals surface area (Å²) in [4.78, 5) is 22.8. The van der Waals surface area contributed by atoms with Gasteiger partial charge in [-0.1, -0.05) is 11.6 Å². The zero-order valence-electron chi connectivity index (χ0n) is 11.0. The van der Waals surface area contributed by atoms with Crippen molar-refractivity contribution in [1.82, 2.24) is 5.32 Å². The van der Waals surface area contributed by atoms with Gasteiger partial charge in [-0.3, -0.25) is 4.79 Å². The highest BCUT2D eigenvalue weighted by Crippen LogP contribution is 2.38. The molecule has 0 aliphatic carbocycles. The summed E-state index contributed by atoms with van der Waals surface area (Å²) in [6.45, 7) is 3.36. The van der Waals surface area contributed by atoms with Crippen LogP contribution in [-0.2, 0) is 4.74 Å². The molecule has 1 aromatic rings. The van der Waals surface area contributed by atoms with Crippen LogP contribution in [0.15, 0.2) is 6.07 Å². The zero-order valence-corrected chi connectivity index (χ0v) is 11.7. The van der Waals surface area contributed by atoms with Crippen LogP contribution in [0.5, 0.6) is 5.75 Å². The van der Waals surface area contributed by atoms with Crippen molar-refractivity contribution >= 4 is 23.5 Å². The van der Waals surface area contributed by atoms with Crippen molar-refractivity contribution in [2.75, 3.05) is 13.2 Å². The van der Waals surface area contributed by atoms with Crippen LogP contribution >= 0.6 is 11.6 Å². The summed E-state index contributed by atoms with van der Waals surface area (Å²) >= 11 is 5.81. The highest BCUT2D eigenvalue weighted by Gasteiger charge is 2.33. The second-order valence-corrected chi connectivity index (χ2v) is 4.63. The number of hydrogen-bond acceptors (Lipinski definition) is 4. The average molecular weight is 302 g/mol. The first kappa shape index (κ1) is 14.6. The first-order valence-corrected chi connectivity index (χ1v) is 6.43. The van der Waals surface area contributed by atoms with Gasteiger partial charge in [-0.05, 0) is 19.9 Å². The Morgan fingerprint density at radius 3 is 2.85 bits per heavy atom. The minimum atomic E-state index is -0.874. The van der Waals surface area contributed by atoms with E-state index in [0.29, 0.717) is 0 Å². The quantitative estimate of drug-likeness (QED) is 0.869. The molecule has 108 valence electrons. The minimum Gasteiger partial charge on any atom is -0.493 e. The molecular formula is C13H13ClFNO4. The Kier molecular flexibility index (Phi) is 4.13. The van der Waals surface area contributed by atoms with E-state index in [2.05, 4.69) is 5.32 Å². The number of cyclic esters (lactones) is 1. The van der Waals surface area contributed by atoms with E-state index in [9.17, 15) is 14.0 Å². The van der Waals surface area contributed by atoms with Crippen molar-refractivity contribution < 1.29 is 23.5 Å². The van der Waals surface area contributed by atoms with Gasteiger partial charge in [-0.2, -0.15) is 0 Å². The van der Waals surface area contributed by atoms with Crippen LogP contribution in [-0.4, -0.2) is 25.0 Å². The highest BCUT2D eigenvalue weighted by molar-refractivity contribution is 6.31. The molecule has 0 spiro atoms. The Hall–Kier alpha value is -1.82. The Bertz CT molecular complexity index is 576. The maximum absolute atomic E-state index is 14.3. The van der Waals surface area contributed by atoms with Crippen LogP contribution in [0.3, 0.4) is 0 Å². The summed E-state index contributed by atoms with van der Waals surface area (Å²) in [5, 5.41) is 2.21. The Labute approximate surface area is 120 Å². The van der Waals surface area contributed by atoms with Crippen molar-refractivity contribution in [2.24, 2.45) is 0 Å². The zero-order chi connectivity index (χ0) is 14.9. The lowest BCUT2D eigenvalue weighted by Crippen LogP contribution is -2.14. The summed E-state index contributed by atoms with van der Waals surface area (Å²) in [7, 11) is 0. The molecule has 1 amide bonds. The van der Waals surface area contributed by atoms with E-state index in [1.165, 1.54) is 13.0 Å². The minimum absolute atomic E-state index is 0.0112. The molecule has 7 heteroatoms. The summed E-state index contributed by atoms with van der Waals surface area (Å²) in [6, 6.07) is 1.22. The topological polar surface area (TPSA) is 64.6 Å². The number of Topliss-reactive ketones (excluding diaryl/α,β-unsaturated/α-hetero) is 1. The number of halogens is 2. The number of ketones is 1. The van der Waals surface area contributed by atoms with E-state index in [4.69, 9.17) is 21.1 Å². The predicted molar refractivity (Wildman–Crippen MR) is 69.8 cm³/mol. The number of nitrogens with one attached hydrogen (secondary N) is 1. The standard InChI is InChI=1S/C13H13ClFNO4/c1-3-19-12-7(6(2)17)4-8(14)11(15)10(12)9-5-16-13(18)20-9/h4,9H,3,5H2,1-2H3,(H,16,18)/t9-/m0/s1. The van der Waals surface area contributed by atoms with E-state index >= 15 is 0 Å². The largest absolute Gasteiger partial charge is 0.493 e. The molecule has 5 nitrogen and oxygen atoms in total. The fourth-order valence-corrected chi connectivity index (χ4v) is 2.24. The lowest BCUT2D eigenvalue weighted by atomic mass is 10.0. The van der Waals surface area contributed by atoms with E-state index < -0.39 is 18.0 Å². The van der Waals surface area contributed by atoms with Crippen molar-refractivity contribution in [3.05, 3.63) is 28.0 Å². The smallest absolute Gasteiger partial charge is 0.407 e. The molecule has 2 rings (SSSR count). The molecule has 20 heavy (non-hydrogen) atoms. The summed E-state index contributed by atoms with van der Waals surface area (Å²) < 4.78 is 24.6. The van der Waals surface area contributed by atoms with Crippen LogP contribution in [0.4, 0.5) is 9.18 Å². The van der Waals surface area contributed by atoms with Crippen LogP contribution in [0.25, 0.3) is 0 Å². The first-order valence-electron chi connectivity index (χ1n) is 6.05. The molecular weight excluding hydrogens is 289 g/mol. The van der Waals surface area contributed by atoms with Gasteiger partial charge in [0, 0.05) is 0 Å². The molecule has 0 radical (unpaired) electrons. The van der Waals surface area contributed by atoms with E-state index in [1.54, 1.807) is 6.92 Å². The molecule has 1 atom stereocenters. The van der Waals surface area contributed by atoms with Gasteiger partial charge in [0.15, 0.2) is 17.7 Å². The number of ether oxygens (including phenoxy) is 2. The molecule has 0 bridgehead atoms. The summed E-state index contributed by atoms with van der Waals surface area (Å²) in [5.41, 5.74) is 0.152. The normalized spacial score (nSPS) is 17.6. The molecule has 1 aliphatic heterocycles. The van der Waals surface area contributed by atoms with Gasteiger partial charge in [0.25, 0.3) is 0 Å². The number of carbonyl (C=O) groups is 2. The number of benzene rings is 1. The van der Waals surface area contributed by atoms with E-state index in [1.807, 2.05) is 0 Å². The van der Waals surface area contributed by atoms with Crippen molar-refractivity contribution in [3.63, 3.8) is 0 Å². The summed E-state index contributed by atoms with van der Waals surface area (Å²) in [5.74, 6) is -0.987. The van der Waals surface area contributed by atoms with Gasteiger partial charge in [0.1, 0.15) is 5.75 Å². The van der Waals surface area contributed by atoms with Gasteiger partial charge in [-0.15, -0.1) is 0 Å². The van der Waals surface area contributed by atoms with Crippen LogP contribution in [0.1, 0.15) is 35.9 Å². The van der Waals surface area contributed by atoms with Crippen LogP contribution in [0, 0.1) is 5.82 Å². The Balaban J connectivity index is 2.62. The monoisotopic (exact) mass is 301 g/mol. The highest BCUT2D eigenvalue weighted by atomic mass is 35.5. The SMILES string of the molecule is CCOc1c(C(C)=O)cc(Cl)c(F)c1[C@@H]1CNC(=O)O1. The van der Waals surface area contributed by atoms with Crippen molar-refractivity contribution in [2.45, 2.75) is 20.0 Å². The van der Waals surface area contributed by atoms with Gasteiger partial charge < -0.3 is 14.8 Å². The first-order chi connectivity index (χ1) is 9.45. The molecule has 1 saturated heterocycles. The molecule has 0 saturated carbocycles. The van der Waals surface area contributed by atoms with E-state index in [0.717, 1.165) is 0 Å².